The Bertz CT molecular complexity index is 1240. The zero-order valence-electron chi connectivity index (χ0n) is 26.2. The Morgan fingerprint density at radius 3 is 2.47 bits per heavy atom. The van der Waals surface area contributed by atoms with Gasteiger partial charge in [-0.15, -0.1) is 0 Å². The molecule has 2 amide bonds. The van der Waals surface area contributed by atoms with Crippen LogP contribution in [-0.2, 0) is 23.9 Å². The van der Waals surface area contributed by atoms with Gasteiger partial charge in [0.25, 0.3) is 5.91 Å². The van der Waals surface area contributed by atoms with Gasteiger partial charge >= 0.3 is 6.09 Å². The first-order chi connectivity index (χ1) is 20.3. The Morgan fingerprint density at radius 1 is 1.14 bits per heavy atom. The maximum atomic E-state index is 13.7. The van der Waals surface area contributed by atoms with Crippen LogP contribution in [0.2, 0.25) is 0 Å². The Labute approximate surface area is 254 Å². The highest BCUT2D eigenvalue weighted by Crippen LogP contribution is 2.31. The average Bonchev–Trinajstić information content (AvgIpc) is 3.77. The molecule has 2 heterocycles. The summed E-state index contributed by atoms with van der Waals surface area (Å²) < 4.78 is 11.1. The number of primary amides is 1. The number of nitrogens with two attached hydrogens (primary N) is 1. The number of fused-ring (bicyclic) bond motifs is 2. The maximum absolute atomic E-state index is 13.7. The van der Waals surface area contributed by atoms with Crippen LogP contribution in [0.5, 0.6) is 0 Å². The molecule has 3 rings (SSSR count). The molecule has 2 bridgehead atoms. The van der Waals surface area contributed by atoms with Crippen LogP contribution in [0.3, 0.4) is 0 Å². The number of rotatable bonds is 6. The predicted molar refractivity (Wildman–Crippen MR) is 164 cm³/mol. The van der Waals surface area contributed by atoms with Crippen molar-refractivity contribution in [2.24, 2.45) is 23.5 Å². The van der Waals surface area contributed by atoms with E-state index in [4.69, 9.17) is 15.2 Å². The molecule has 2 aliphatic heterocycles. The summed E-state index contributed by atoms with van der Waals surface area (Å²) in [6, 6.07) is 0. The Morgan fingerprint density at radius 2 is 1.84 bits per heavy atom. The second kappa shape index (κ2) is 15.4. The van der Waals surface area contributed by atoms with Gasteiger partial charge in [0.05, 0.1) is 17.9 Å². The van der Waals surface area contributed by atoms with Gasteiger partial charge in [-0.3, -0.25) is 14.4 Å². The van der Waals surface area contributed by atoms with Gasteiger partial charge in [0, 0.05) is 54.8 Å². The number of nitrogens with zero attached hydrogens (tertiary/aromatic N) is 1. The Hall–Kier alpha value is -3.34. The number of Topliss-reactive ketones (excluding diaryl/α,β-unsaturated/α-hetero) is 1. The molecule has 1 aliphatic carbocycles. The molecule has 236 valence electrons. The van der Waals surface area contributed by atoms with Crippen molar-refractivity contribution in [3.05, 3.63) is 58.4 Å². The summed E-state index contributed by atoms with van der Waals surface area (Å²) in [4.78, 5) is 54.0. The van der Waals surface area contributed by atoms with Gasteiger partial charge in [-0.1, -0.05) is 45.1 Å². The minimum absolute atomic E-state index is 0.0402. The van der Waals surface area contributed by atoms with Crippen molar-refractivity contribution in [1.82, 2.24) is 10.2 Å². The fourth-order valence-electron chi connectivity index (χ4n) is 5.75. The number of ether oxygens (including phenoxy) is 2. The fraction of sp³-hybridized carbons (Fsp3) is 0.576. The lowest BCUT2D eigenvalue weighted by molar-refractivity contribution is -0.120. The van der Waals surface area contributed by atoms with Crippen molar-refractivity contribution in [2.75, 3.05) is 26.7 Å². The summed E-state index contributed by atoms with van der Waals surface area (Å²) in [5.41, 5.74) is 7.26. The van der Waals surface area contributed by atoms with Crippen molar-refractivity contribution >= 4 is 23.6 Å². The van der Waals surface area contributed by atoms with Crippen LogP contribution in [0.25, 0.3) is 0 Å². The van der Waals surface area contributed by atoms with Gasteiger partial charge < -0.3 is 30.5 Å². The second-order valence-electron chi connectivity index (χ2n) is 12.1. The zero-order chi connectivity index (χ0) is 31.8. The largest absolute Gasteiger partial charge is 0.441 e. The number of methoxy groups -OCH3 is 1. The number of aliphatic hydroxyl groups is 1. The third kappa shape index (κ3) is 9.58. The topological polar surface area (TPSA) is 148 Å². The average molecular weight is 598 g/mol. The van der Waals surface area contributed by atoms with Crippen LogP contribution in [0.15, 0.2) is 58.4 Å². The Balaban J connectivity index is 2.00. The van der Waals surface area contributed by atoms with E-state index in [1.807, 2.05) is 33.8 Å². The normalized spacial score (nSPS) is 33.1. The standard InChI is InChI=1S/C33H47N3O7/c1-19-15-25-24(11-8-12-36-13-14-36)27(37)18-26(30(25)39)35-32(40)21(3)10-7-9-20(2)31(43-33(34)41)23(5)17-22(4)29(38)28(16-19)42-6/h7,9-10,17-20,22,28-29,31,38H,8,11-16H2,1-6H3,(H2,34,41)(H,35,40)/b9-7-,21-10+,23-17+/t19-,20+,22+,28+,29-,31-/m1/s1. The molecule has 43 heavy (non-hydrogen) atoms. The van der Waals surface area contributed by atoms with Crippen LogP contribution in [0, 0.1) is 17.8 Å². The molecular formula is C33H47N3O7. The fourth-order valence-corrected chi connectivity index (χ4v) is 5.75. The summed E-state index contributed by atoms with van der Waals surface area (Å²) in [6.45, 7) is 12.1. The quantitative estimate of drug-likeness (QED) is 0.239. The lowest BCUT2D eigenvalue weighted by atomic mass is 9.82. The van der Waals surface area contributed by atoms with Crippen molar-refractivity contribution in [2.45, 2.75) is 78.6 Å². The monoisotopic (exact) mass is 597 g/mol. The number of hydrogen-bond donors (Lipinski definition) is 3. The van der Waals surface area contributed by atoms with Crippen LogP contribution < -0.4 is 11.1 Å². The van der Waals surface area contributed by atoms with Gasteiger partial charge in [0.1, 0.15) is 6.10 Å². The van der Waals surface area contributed by atoms with Gasteiger partial charge in [-0.2, -0.15) is 0 Å². The van der Waals surface area contributed by atoms with Crippen LogP contribution >= 0.6 is 0 Å². The molecule has 0 aromatic carbocycles. The SMILES string of the molecule is CO[C@H]1C[C@H](C)CC2=C(CCCN3CC3)C(=O)C=C(NC(=O)/C(C)=C/C=C\[C@H](C)[C@@H](OC(N)=O)/C(C)=C/[C@H](C)[C@H]1O)C2=O. The van der Waals surface area contributed by atoms with E-state index in [9.17, 15) is 24.3 Å². The van der Waals surface area contributed by atoms with Crippen molar-refractivity contribution < 1.29 is 33.8 Å². The van der Waals surface area contributed by atoms with E-state index in [0.29, 0.717) is 41.6 Å². The first kappa shape index (κ1) is 34.2. The van der Waals surface area contributed by atoms with E-state index in [0.717, 1.165) is 26.1 Å². The van der Waals surface area contributed by atoms with Gasteiger partial charge in [-0.05, 0) is 57.6 Å². The number of allylic oxidation sites excluding steroid dienone is 5. The number of amides is 2. The molecule has 0 aromatic rings. The Kier molecular flexibility index (Phi) is 12.2. The van der Waals surface area contributed by atoms with Crippen molar-refractivity contribution in [3.63, 3.8) is 0 Å². The molecule has 1 fully saturated rings. The molecule has 1 saturated heterocycles. The lowest BCUT2D eigenvalue weighted by Crippen LogP contribution is -2.36. The minimum atomic E-state index is -0.920. The van der Waals surface area contributed by atoms with E-state index in [-0.39, 0.29) is 35.0 Å². The van der Waals surface area contributed by atoms with E-state index in [1.54, 1.807) is 25.2 Å². The highest BCUT2D eigenvalue weighted by atomic mass is 16.6. The number of nitrogens with one attached hydrogen (secondary N) is 1. The van der Waals surface area contributed by atoms with Crippen molar-refractivity contribution in [1.29, 1.82) is 0 Å². The van der Waals surface area contributed by atoms with E-state index in [2.05, 4.69) is 10.2 Å². The molecule has 3 aliphatic rings. The third-order valence-electron chi connectivity index (χ3n) is 8.37. The molecule has 10 heteroatoms. The van der Waals surface area contributed by atoms with Gasteiger partial charge in [0.15, 0.2) is 5.78 Å². The number of carbonyl (C=O) groups is 4. The minimum Gasteiger partial charge on any atom is -0.441 e. The molecule has 0 radical (unpaired) electrons. The van der Waals surface area contributed by atoms with E-state index < -0.39 is 30.3 Å². The number of hydrogen-bond acceptors (Lipinski definition) is 8. The highest BCUT2D eigenvalue weighted by molar-refractivity contribution is 6.23. The summed E-state index contributed by atoms with van der Waals surface area (Å²) >= 11 is 0. The van der Waals surface area contributed by atoms with E-state index >= 15 is 0 Å². The first-order valence-corrected chi connectivity index (χ1v) is 15.1. The number of aliphatic hydroxyl groups excluding tert-OH is 1. The van der Waals surface area contributed by atoms with Gasteiger partial charge in [-0.25, -0.2) is 4.79 Å². The molecule has 0 unspecified atom stereocenters. The molecule has 0 aromatic heterocycles. The third-order valence-corrected chi connectivity index (χ3v) is 8.37. The van der Waals surface area contributed by atoms with Crippen LogP contribution in [0.1, 0.15) is 60.3 Å². The highest BCUT2D eigenvalue weighted by Gasteiger charge is 2.33. The lowest BCUT2D eigenvalue weighted by Gasteiger charge is -2.29. The van der Waals surface area contributed by atoms with Crippen LogP contribution in [-0.4, -0.2) is 78.6 Å². The molecule has 0 saturated carbocycles. The molecule has 0 spiro atoms. The maximum Gasteiger partial charge on any atom is 0.405 e. The summed E-state index contributed by atoms with van der Waals surface area (Å²) in [5, 5.41) is 13.9. The summed E-state index contributed by atoms with van der Waals surface area (Å²) in [7, 11) is 1.53. The summed E-state index contributed by atoms with van der Waals surface area (Å²) in [5.74, 6) is -1.93. The first-order valence-electron chi connectivity index (χ1n) is 15.1. The molecule has 6 atom stereocenters. The predicted octanol–water partition coefficient (Wildman–Crippen LogP) is 3.52. The smallest absolute Gasteiger partial charge is 0.405 e. The zero-order valence-corrected chi connectivity index (χ0v) is 26.2. The molecule has 10 nitrogen and oxygen atoms in total. The van der Waals surface area contributed by atoms with E-state index in [1.165, 1.54) is 13.2 Å². The van der Waals surface area contributed by atoms with Crippen molar-refractivity contribution in [3.8, 4) is 0 Å². The summed E-state index contributed by atoms with van der Waals surface area (Å²) in [6.07, 6.45) is 7.01. The van der Waals surface area contributed by atoms with Gasteiger partial charge in [0.2, 0.25) is 5.78 Å². The molecular weight excluding hydrogens is 550 g/mol. The van der Waals surface area contributed by atoms with Crippen LogP contribution in [0.4, 0.5) is 4.79 Å². The number of carbonyl (C=O) groups excluding carboxylic acids is 4. The molecule has 4 N–H and O–H groups in total. The second-order valence-corrected chi connectivity index (χ2v) is 12.1. The number of ketones is 2.